The third kappa shape index (κ3) is 6.55. The van der Waals surface area contributed by atoms with Crippen LogP contribution in [0.15, 0.2) is 63.7 Å². The molecule has 0 saturated carbocycles. The zero-order valence-corrected chi connectivity index (χ0v) is 16.5. The molecule has 7 nitrogen and oxygen atoms in total. The van der Waals surface area contributed by atoms with E-state index in [-0.39, 0.29) is 18.0 Å². The molecule has 2 rings (SSSR count). The Kier molecular flexibility index (Phi) is 8.91. The van der Waals surface area contributed by atoms with E-state index in [0.29, 0.717) is 5.69 Å². The van der Waals surface area contributed by atoms with E-state index in [0.717, 1.165) is 11.4 Å². The second kappa shape index (κ2) is 10.6. The summed E-state index contributed by atoms with van der Waals surface area (Å²) in [5.74, 6) is 0. The molecule has 0 fully saturated rings. The van der Waals surface area contributed by atoms with Gasteiger partial charge in [-0.3, -0.25) is 0 Å². The third-order valence-corrected chi connectivity index (χ3v) is 4.71. The van der Waals surface area contributed by atoms with Gasteiger partial charge in [0.2, 0.25) is 10.0 Å². The lowest BCUT2D eigenvalue weighted by atomic mass is 10.3. The first-order chi connectivity index (χ1) is 12.4. The molecular formula is C18H27N5O2S. The van der Waals surface area contributed by atoms with Crippen molar-refractivity contribution in [3.05, 3.63) is 48.5 Å². The smallest absolute Gasteiger partial charge is 0.240 e. The maximum Gasteiger partial charge on any atom is 0.240 e. The molecule has 142 valence electrons. The van der Waals surface area contributed by atoms with Gasteiger partial charge in [-0.25, -0.2) is 13.1 Å². The Bertz CT molecular complexity index is 785. The molecule has 0 radical (unpaired) electrons. The van der Waals surface area contributed by atoms with E-state index in [1.54, 1.807) is 12.1 Å². The molecule has 26 heavy (non-hydrogen) atoms. The number of azo groups is 1. The largest absolute Gasteiger partial charge is 0.378 e. The van der Waals surface area contributed by atoms with Crippen LogP contribution >= 0.6 is 0 Å². The molecule has 0 unspecified atom stereocenters. The van der Waals surface area contributed by atoms with Crippen molar-refractivity contribution < 1.29 is 8.42 Å². The van der Waals surface area contributed by atoms with Gasteiger partial charge in [0.25, 0.3) is 0 Å². The molecule has 0 amide bonds. The summed E-state index contributed by atoms with van der Waals surface area (Å²) in [5, 5.41) is 8.26. The maximum atomic E-state index is 11.9. The van der Waals surface area contributed by atoms with Crippen molar-refractivity contribution in [2.75, 3.05) is 32.1 Å². The summed E-state index contributed by atoms with van der Waals surface area (Å²) in [4.78, 5) is 2.17. The molecule has 8 heteroatoms. The van der Waals surface area contributed by atoms with Gasteiger partial charge in [0, 0.05) is 32.9 Å². The molecular weight excluding hydrogens is 350 g/mol. The van der Waals surface area contributed by atoms with E-state index in [4.69, 9.17) is 5.73 Å². The number of hydrogen-bond donors (Lipinski definition) is 2. The first-order valence-electron chi connectivity index (χ1n) is 8.41. The summed E-state index contributed by atoms with van der Waals surface area (Å²) in [6.45, 7) is 4.45. The monoisotopic (exact) mass is 377 g/mol. The Balaban J connectivity index is 0.00000163. The van der Waals surface area contributed by atoms with Crippen molar-refractivity contribution in [3.63, 3.8) is 0 Å². The van der Waals surface area contributed by atoms with Gasteiger partial charge in [-0.15, -0.1) is 0 Å². The van der Waals surface area contributed by atoms with E-state index >= 15 is 0 Å². The minimum Gasteiger partial charge on any atom is -0.378 e. The number of sulfonamides is 1. The van der Waals surface area contributed by atoms with Crippen LogP contribution in [0.5, 0.6) is 0 Å². The van der Waals surface area contributed by atoms with Gasteiger partial charge in [-0.2, -0.15) is 10.2 Å². The van der Waals surface area contributed by atoms with Crippen molar-refractivity contribution in [1.82, 2.24) is 4.72 Å². The van der Waals surface area contributed by atoms with Gasteiger partial charge in [0.05, 0.1) is 16.3 Å². The van der Waals surface area contributed by atoms with Crippen LogP contribution in [-0.4, -0.2) is 35.6 Å². The SMILES string of the molecule is CC.CN(C)c1ccc(N=Nc2ccc(S(=O)(=O)NCCN)cc2)cc1. The number of nitrogens with zero attached hydrogens (tertiary/aromatic N) is 3. The highest BCUT2D eigenvalue weighted by atomic mass is 32.2. The molecule has 0 aliphatic heterocycles. The van der Waals surface area contributed by atoms with Crippen molar-refractivity contribution in [2.45, 2.75) is 18.7 Å². The first-order valence-corrected chi connectivity index (χ1v) is 9.89. The summed E-state index contributed by atoms with van der Waals surface area (Å²) in [7, 11) is 0.407. The summed E-state index contributed by atoms with van der Waals surface area (Å²) in [6, 6.07) is 13.8. The minimum absolute atomic E-state index is 0.172. The van der Waals surface area contributed by atoms with Gasteiger partial charge in [0.1, 0.15) is 0 Å². The van der Waals surface area contributed by atoms with Gasteiger partial charge in [-0.1, -0.05) is 13.8 Å². The van der Waals surface area contributed by atoms with Crippen LogP contribution in [0.3, 0.4) is 0 Å². The Morgan fingerprint density at radius 1 is 0.923 bits per heavy atom. The van der Waals surface area contributed by atoms with Gasteiger partial charge >= 0.3 is 0 Å². The number of hydrogen-bond acceptors (Lipinski definition) is 6. The molecule has 0 saturated heterocycles. The zero-order chi connectivity index (χ0) is 19.6. The highest BCUT2D eigenvalue weighted by Crippen LogP contribution is 2.22. The fraction of sp³-hybridized carbons (Fsp3) is 0.333. The van der Waals surface area contributed by atoms with E-state index in [9.17, 15) is 8.42 Å². The molecule has 2 aromatic carbocycles. The van der Waals surface area contributed by atoms with Crippen LogP contribution in [0, 0.1) is 0 Å². The van der Waals surface area contributed by atoms with Crippen molar-refractivity contribution in [1.29, 1.82) is 0 Å². The predicted molar refractivity (Wildman–Crippen MR) is 107 cm³/mol. The molecule has 0 aromatic heterocycles. The average Bonchev–Trinajstić information content (AvgIpc) is 2.67. The Labute approximate surface area is 156 Å². The van der Waals surface area contributed by atoms with E-state index in [1.165, 1.54) is 12.1 Å². The molecule has 2 aromatic rings. The van der Waals surface area contributed by atoms with Crippen molar-refractivity contribution >= 4 is 27.1 Å². The van der Waals surface area contributed by atoms with Crippen molar-refractivity contribution in [3.8, 4) is 0 Å². The number of rotatable bonds is 7. The van der Waals surface area contributed by atoms with E-state index in [2.05, 4.69) is 15.0 Å². The third-order valence-electron chi connectivity index (χ3n) is 3.23. The fourth-order valence-corrected chi connectivity index (χ4v) is 2.95. The van der Waals surface area contributed by atoms with E-state index in [1.807, 2.05) is 57.1 Å². The summed E-state index contributed by atoms with van der Waals surface area (Å²) in [5.41, 5.74) is 7.68. The predicted octanol–water partition coefficient (Wildman–Crippen LogP) is 3.43. The molecule has 0 heterocycles. The van der Waals surface area contributed by atoms with Gasteiger partial charge in [-0.05, 0) is 48.5 Å². The Hall–Kier alpha value is -2.29. The molecule has 0 spiro atoms. The quantitative estimate of drug-likeness (QED) is 0.722. The second-order valence-electron chi connectivity index (χ2n) is 5.29. The summed E-state index contributed by atoms with van der Waals surface area (Å²) >= 11 is 0. The first kappa shape index (κ1) is 21.8. The summed E-state index contributed by atoms with van der Waals surface area (Å²) in [6.07, 6.45) is 0. The van der Waals surface area contributed by atoms with Gasteiger partial charge in [0.15, 0.2) is 0 Å². The maximum absolute atomic E-state index is 11.9. The number of nitrogens with one attached hydrogen (secondary N) is 1. The number of benzene rings is 2. The average molecular weight is 378 g/mol. The van der Waals surface area contributed by atoms with Crippen LogP contribution in [0.1, 0.15) is 13.8 Å². The lowest BCUT2D eigenvalue weighted by molar-refractivity contribution is 0.582. The Morgan fingerprint density at radius 2 is 1.38 bits per heavy atom. The van der Waals surface area contributed by atoms with Crippen LogP contribution < -0.4 is 15.4 Å². The lowest BCUT2D eigenvalue weighted by Gasteiger charge is -2.11. The molecule has 0 aliphatic carbocycles. The lowest BCUT2D eigenvalue weighted by Crippen LogP contribution is -2.29. The van der Waals surface area contributed by atoms with Crippen LogP contribution in [0.2, 0.25) is 0 Å². The van der Waals surface area contributed by atoms with Crippen molar-refractivity contribution in [2.24, 2.45) is 16.0 Å². The highest BCUT2D eigenvalue weighted by molar-refractivity contribution is 7.89. The fourth-order valence-electron chi connectivity index (χ4n) is 1.90. The molecule has 3 N–H and O–H groups in total. The highest BCUT2D eigenvalue weighted by Gasteiger charge is 2.12. The molecule has 0 aliphatic rings. The summed E-state index contributed by atoms with van der Waals surface area (Å²) < 4.78 is 26.3. The normalized spacial score (nSPS) is 11.1. The molecule has 0 atom stereocenters. The standard InChI is InChI=1S/C16H21N5O2S.C2H6/c1-21(2)15-7-3-13(4-8-15)19-20-14-5-9-16(10-6-14)24(22,23)18-12-11-17;1-2/h3-10,18H,11-12,17H2,1-2H3;1-2H3. The van der Waals surface area contributed by atoms with Crippen LogP contribution in [0.4, 0.5) is 17.1 Å². The Morgan fingerprint density at radius 3 is 1.81 bits per heavy atom. The number of anilines is 1. The second-order valence-corrected chi connectivity index (χ2v) is 7.06. The van der Waals surface area contributed by atoms with E-state index < -0.39 is 10.0 Å². The zero-order valence-electron chi connectivity index (χ0n) is 15.7. The minimum atomic E-state index is -3.53. The molecule has 0 bridgehead atoms. The van der Waals surface area contributed by atoms with Gasteiger partial charge < -0.3 is 10.6 Å². The van der Waals surface area contributed by atoms with Crippen LogP contribution in [-0.2, 0) is 10.0 Å². The topological polar surface area (TPSA) is 100 Å². The van der Waals surface area contributed by atoms with Crippen LogP contribution in [0.25, 0.3) is 0 Å². The number of nitrogens with two attached hydrogens (primary N) is 1.